The number of benzene rings is 1. The summed E-state index contributed by atoms with van der Waals surface area (Å²) in [6.45, 7) is 5.25. The zero-order valence-corrected chi connectivity index (χ0v) is 18.3. The summed E-state index contributed by atoms with van der Waals surface area (Å²) < 4.78 is 24.1. The quantitative estimate of drug-likeness (QED) is 0.705. The van der Waals surface area contributed by atoms with E-state index in [9.17, 15) is 13.2 Å². The fourth-order valence-corrected chi connectivity index (χ4v) is 5.19. The summed E-state index contributed by atoms with van der Waals surface area (Å²) in [5, 5.41) is 0. The highest BCUT2D eigenvalue weighted by molar-refractivity contribution is 7.92. The Hall–Kier alpha value is -2.08. The Kier molecular flexibility index (Phi) is 6.52. The number of nitrogens with zero attached hydrogens (tertiary/aromatic N) is 2. The van der Waals surface area contributed by atoms with Crippen LogP contribution in [0.1, 0.15) is 52.1 Å². The molecule has 1 heterocycles. The number of aromatic nitrogens is 2. The monoisotopic (exact) mass is 414 g/mol. The fraction of sp³-hybridized carbons (Fsp3) is 0.522. The Morgan fingerprint density at radius 3 is 2.21 bits per heavy atom. The number of carbonyl (C=O) groups excluding carboxylic acids is 1. The van der Waals surface area contributed by atoms with Gasteiger partial charge in [-0.05, 0) is 52.4 Å². The summed E-state index contributed by atoms with van der Waals surface area (Å²) in [6.07, 6.45) is 6.80. The van der Waals surface area contributed by atoms with Gasteiger partial charge in [0, 0.05) is 17.7 Å². The predicted molar refractivity (Wildman–Crippen MR) is 115 cm³/mol. The lowest BCUT2D eigenvalue weighted by atomic mass is 9.80. The highest BCUT2D eigenvalue weighted by atomic mass is 32.2. The minimum absolute atomic E-state index is 0.000749. The molecule has 0 radical (unpaired) electrons. The van der Waals surface area contributed by atoms with Gasteiger partial charge in [0.05, 0.1) is 34.5 Å². The van der Waals surface area contributed by atoms with Gasteiger partial charge in [-0.1, -0.05) is 30.3 Å². The molecule has 29 heavy (non-hydrogen) atoms. The third kappa shape index (κ3) is 5.50. The second kappa shape index (κ2) is 8.74. The number of ketones is 1. The van der Waals surface area contributed by atoms with Crippen molar-refractivity contribution in [2.75, 3.05) is 5.75 Å². The topological polar surface area (TPSA) is 77.0 Å². The Balaban J connectivity index is 1.52. The number of hydrogen-bond donors (Lipinski definition) is 0. The van der Waals surface area contributed by atoms with E-state index in [-0.39, 0.29) is 29.8 Å². The van der Waals surface area contributed by atoms with E-state index in [1.165, 1.54) is 0 Å². The van der Waals surface area contributed by atoms with Crippen LogP contribution in [0.4, 0.5) is 0 Å². The molecule has 0 amide bonds. The van der Waals surface area contributed by atoms with Gasteiger partial charge in [-0.15, -0.1) is 0 Å². The van der Waals surface area contributed by atoms with E-state index < -0.39 is 14.6 Å². The first kappa shape index (κ1) is 21.6. The zero-order valence-electron chi connectivity index (χ0n) is 17.5. The van der Waals surface area contributed by atoms with Crippen LogP contribution in [-0.4, -0.2) is 34.7 Å². The molecule has 0 spiro atoms. The van der Waals surface area contributed by atoms with Gasteiger partial charge in [0.15, 0.2) is 9.84 Å². The molecule has 156 valence electrons. The van der Waals surface area contributed by atoms with Crippen LogP contribution < -0.4 is 0 Å². The van der Waals surface area contributed by atoms with Crippen LogP contribution in [0.25, 0.3) is 11.3 Å². The summed E-state index contributed by atoms with van der Waals surface area (Å²) >= 11 is 0. The normalized spacial score (nSPS) is 20.4. The summed E-state index contributed by atoms with van der Waals surface area (Å²) in [5.41, 5.74) is 2.48. The van der Waals surface area contributed by atoms with Crippen molar-refractivity contribution in [3.63, 3.8) is 0 Å². The maximum Gasteiger partial charge on any atom is 0.155 e. The smallest absolute Gasteiger partial charge is 0.155 e. The van der Waals surface area contributed by atoms with Crippen LogP contribution in [0.15, 0.2) is 42.7 Å². The second-order valence-electron chi connectivity index (χ2n) is 9.01. The van der Waals surface area contributed by atoms with Crippen molar-refractivity contribution in [3.8, 4) is 11.3 Å². The van der Waals surface area contributed by atoms with E-state index in [0.717, 1.165) is 36.9 Å². The molecule has 2 aromatic rings. The number of Topliss-reactive ketones (excluding diaryl/α,β-unsaturated/α-hetero) is 1. The van der Waals surface area contributed by atoms with E-state index in [1.807, 2.05) is 30.3 Å². The van der Waals surface area contributed by atoms with Crippen LogP contribution >= 0.6 is 0 Å². The molecular formula is C23H30N2O3S. The van der Waals surface area contributed by atoms with Crippen molar-refractivity contribution >= 4 is 15.6 Å². The predicted octanol–water partition coefficient (Wildman–Crippen LogP) is 4.27. The van der Waals surface area contributed by atoms with E-state index in [4.69, 9.17) is 0 Å². The third-order valence-electron chi connectivity index (χ3n) is 5.82. The van der Waals surface area contributed by atoms with Gasteiger partial charge >= 0.3 is 0 Å². The Morgan fingerprint density at radius 2 is 1.66 bits per heavy atom. The lowest BCUT2D eigenvalue weighted by Gasteiger charge is -2.29. The lowest BCUT2D eigenvalue weighted by molar-refractivity contribution is -0.123. The van der Waals surface area contributed by atoms with Crippen LogP contribution in [-0.2, 0) is 21.1 Å². The van der Waals surface area contributed by atoms with Gasteiger partial charge in [-0.25, -0.2) is 8.42 Å². The molecule has 1 aromatic heterocycles. The highest BCUT2D eigenvalue weighted by Crippen LogP contribution is 2.32. The number of hydrogen-bond acceptors (Lipinski definition) is 5. The van der Waals surface area contributed by atoms with Crippen molar-refractivity contribution in [2.45, 2.75) is 57.6 Å². The lowest BCUT2D eigenvalue weighted by Crippen LogP contribution is -2.35. The molecule has 0 aliphatic heterocycles. The summed E-state index contributed by atoms with van der Waals surface area (Å²) in [6, 6.07) is 9.83. The third-order valence-corrected chi connectivity index (χ3v) is 8.60. The fourth-order valence-electron chi connectivity index (χ4n) is 3.74. The molecule has 1 aliphatic rings. The molecule has 5 nitrogen and oxygen atoms in total. The average Bonchev–Trinajstić information content (AvgIpc) is 2.68. The van der Waals surface area contributed by atoms with Crippen LogP contribution in [0.3, 0.4) is 0 Å². The molecule has 1 fully saturated rings. The van der Waals surface area contributed by atoms with Crippen LogP contribution in [0, 0.1) is 11.8 Å². The Bertz CT molecular complexity index is 924. The van der Waals surface area contributed by atoms with Crippen molar-refractivity contribution in [1.82, 2.24) is 9.97 Å². The molecule has 1 aromatic carbocycles. The average molecular weight is 415 g/mol. The molecule has 0 unspecified atom stereocenters. The van der Waals surface area contributed by atoms with Crippen molar-refractivity contribution in [2.24, 2.45) is 11.8 Å². The van der Waals surface area contributed by atoms with Gasteiger partial charge in [-0.3, -0.25) is 14.8 Å². The SMILES string of the molecule is CC(C)(C)S(=O)(=O)CC1CCC(C(=O)Cc2cnc(-c3ccccc3)cn2)CC1. The maximum absolute atomic E-state index is 12.7. The van der Waals surface area contributed by atoms with Crippen LogP contribution in [0.5, 0.6) is 0 Å². The maximum atomic E-state index is 12.7. The van der Waals surface area contributed by atoms with E-state index >= 15 is 0 Å². The molecule has 0 bridgehead atoms. The van der Waals surface area contributed by atoms with Gasteiger partial charge in [-0.2, -0.15) is 0 Å². The summed E-state index contributed by atoms with van der Waals surface area (Å²) in [5.74, 6) is 0.570. The van der Waals surface area contributed by atoms with Crippen molar-refractivity contribution < 1.29 is 13.2 Å². The minimum atomic E-state index is -3.11. The summed E-state index contributed by atoms with van der Waals surface area (Å²) in [4.78, 5) is 21.5. The van der Waals surface area contributed by atoms with Gasteiger partial charge in [0.2, 0.25) is 0 Å². The van der Waals surface area contributed by atoms with E-state index in [2.05, 4.69) is 9.97 Å². The summed E-state index contributed by atoms with van der Waals surface area (Å²) in [7, 11) is -3.11. The molecule has 0 atom stereocenters. The van der Waals surface area contributed by atoms with Gasteiger partial charge < -0.3 is 0 Å². The molecule has 6 heteroatoms. The molecule has 3 rings (SSSR count). The molecular weight excluding hydrogens is 384 g/mol. The highest BCUT2D eigenvalue weighted by Gasteiger charge is 2.34. The number of rotatable bonds is 6. The Morgan fingerprint density at radius 1 is 1.00 bits per heavy atom. The second-order valence-corrected chi connectivity index (χ2v) is 11.8. The first-order chi connectivity index (χ1) is 13.7. The van der Waals surface area contributed by atoms with Crippen molar-refractivity contribution in [3.05, 3.63) is 48.4 Å². The minimum Gasteiger partial charge on any atom is -0.299 e. The number of sulfone groups is 1. The van der Waals surface area contributed by atoms with Crippen LogP contribution in [0.2, 0.25) is 0 Å². The van der Waals surface area contributed by atoms with Gasteiger partial charge in [0.1, 0.15) is 5.78 Å². The molecule has 1 aliphatic carbocycles. The Labute approximate surface area is 173 Å². The number of carbonyl (C=O) groups is 1. The first-order valence-electron chi connectivity index (χ1n) is 10.3. The van der Waals surface area contributed by atoms with E-state index in [0.29, 0.717) is 5.69 Å². The van der Waals surface area contributed by atoms with Crippen molar-refractivity contribution in [1.29, 1.82) is 0 Å². The van der Waals surface area contributed by atoms with Gasteiger partial charge in [0.25, 0.3) is 0 Å². The largest absolute Gasteiger partial charge is 0.299 e. The zero-order chi connectivity index (χ0) is 21.1. The van der Waals surface area contributed by atoms with E-state index in [1.54, 1.807) is 33.2 Å². The standard InChI is InChI=1S/C23H30N2O3S/c1-23(2,3)29(27,28)16-17-9-11-19(12-10-17)22(26)13-20-14-25-21(15-24-20)18-7-5-4-6-8-18/h4-8,14-15,17,19H,9-13,16H2,1-3H3. The molecule has 0 saturated heterocycles. The first-order valence-corrected chi connectivity index (χ1v) is 11.9. The molecule has 0 N–H and O–H groups in total. The molecule has 1 saturated carbocycles.